The molecule has 70 heavy (non-hydrogen) atoms. The average molecular weight is 891 g/mol. The van der Waals surface area contributed by atoms with Crippen molar-refractivity contribution >= 4 is 60.4 Å². The number of benzene rings is 12. The molecule has 1 heterocycles. The highest BCUT2D eigenvalue weighted by Crippen LogP contribution is 2.51. The predicted molar refractivity (Wildman–Crippen MR) is 298 cm³/mol. The Labute approximate surface area is 408 Å². The van der Waals surface area contributed by atoms with Gasteiger partial charge in [-0.05, 0) is 103 Å². The van der Waals surface area contributed by atoms with Crippen LogP contribution in [0.25, 0.3) is 105 Å². The highest BCUT2D eigenvalue weighted by molar-refractivity contribution is 6.18. The molecular weight excluding hydrogens is 845 g/mol. The summed E-state index contributed by atoms with van der Waals surface area (Å²) in [6.45, 7) is 0. The second-order valence-electron chi connectivity index (χ2n) is 17.9. The van der Waals surface area contributed by atoms with Crippen molar-refractivity contribution in [3.05, 3.63) is 279 Å². The molecule has 12 aromatic carbocycles. The summed E-state index contributed by atoms with van der Waals surface area (Å²) in [4.78, 5) is 2.54. The van der Waals surface area contributed by atoms with Gasteiger partial charge in [0.2, 0.25) is 0 Å². The SMILES string of the molecule is c1ccc(-c2cccc3cccc(-c4ccccc4N(c4ccccc4-c4cccc5cccc(-c6ccccc6)c45)c4ccccc4-c4cccc5c4c4ccccc4n5-c4ccccc4)c23)cc1. The van der Waals surface area contributed by atoms with E-state index in [1.165, 1.54) is 82.3 Å². The van der Waals surface area contributed by atoms with Crippen molar-refractivity contribution in [3.8, 4) is 61.3 Å². The first-order valence-electron chi connectivity index (χ1n) is 24.1. The molecule has 0 aliphatic rings. The van der Waals surface area contributed by atoms with Crippen molar-refractivity contribution in [2.45, 2.75) is 0 Å². The normalized spacial score (nSPS) is 11.4. The van der Waals surface area contributed by atoms with E-state index in [0.717, 1.165) is 39.4 Å². The molecule has 0 spiro atoms. The molecule has 0 bridgehead atoms. The maximum atomic E-state index is 2.54. The number of nitrogens with zero attached hydrogens (tertiary/aromatic N) is 2. The largest absolute Gasteiger partial charge is 0.309 e. The molecule has 2 nitrogen and oxygen atoms in total. The van der Waals surface area contributed by atoms with E-state index in [1.807, 2.05) is 0 Å². The van der Waals surface area contributed by atoms with Crippen molar-refractivity contribution in [1.82, 2.24) is 4.57 Å². The van der Waals surface area contributed by atoms with Gasteiger partial charge in [0, 0.05) is 33.2 Å². The third-order valence-corrected chi connectivity index (χ3v) is 14.0. The lowest BCUT2D eigenvalue weighted by Crippen LogP contribution is -2.13. The van der Waals surface area contributed by atoms with Gasteiger partial charge in [-0.25, -0.2) is 0 Å². The van der Waals surface area contributed by atoms with Gasteiger partial charge < -0.3 is 9.47 Å². The number of aromatic nitrogens is 1. The summed E-state index contributed by atoms with van der Waals surface area (Å²) < 4.78 is 2.41. The molecule has 328 valence electrons. The lowest BCUT2D eigenvalue weighted by atomic mass is 9.89. The molecular formula is C68H46N2. The molecule has 0 radical (unpaired) electrons. The van der Waals surface area contributed by atoms with E-state index in [0.29, 0.717) is 0 Å². The summed E-state index contributed by atoms with van der Waals surface area (Å²) in [7, 11) is 0. The van der Waals surface area contributed by atoms with Gasteiger partial charge in [-0.3, -0.25) is 0 Å². The first-order chi connectivity index (χ1) is 34.8. The Bertz CT molecular complexity index is 3880. The minimum atomic E-state index is 1.08. The first-order valence-corrected chi connectivity index (χ1v) is 24.1. The Kier molecular flexibility index (Phi) is 10.2. The Morgan fingerprint density at radius 1 is 0.229 bits per heavy atom. The van der Waals surface area contributed by atoms with Gasteiger partial charge in [-0.2, -0.15) is 0 Å². The van der Waals surface area contributed by atoms with Gasteiger partial charge in [-0.1, -0.05) is 237 Å². The molecule has 0 aliphatic carbocycles. The van der Waals surface area contributed by atoms with E-state index >= 15 is 0 Å². The van der Waals surface area contributed by atoms with Crippen molar-refractivity contribution in [1.29, 1.82) is 0 Å². The summed E-state index contributed by atoms with van der Waals surface area (Å²) in [5.41, 5.74) is 18.5. The van der Waals surface area contributed by atoms with Gasteiger partial charge in [0.1, 0.15) is 0 Å². The molecule has 0 unspecified atom stereocenters. The lowest BCUT2D eigenvalue weighted by molar-refractivity contribution is 1.18. The molecule has 13 aromatic rings. The van der Waals surface area contributed by atoms with E-state index in [2.05, 4.69) is 289 Å². The topological polar surface area (TPSA) is 8.17 Å². The number of hydrogen-bond donors (Lipinski definition) is 0. The van der Waals surface area contributed by atoms with Gasteiger partial charge in [-0.15, -0.1) is 0 Å². The van der Waals surface area contributed by atoms with Crippen LogP contribution in [0.5, 0.6) is 0 Å². The zero-order valence-electron chi connectivity index (χ0n) is 38.5. The first kappa shape index (κ1) is 41.0. The van der Waals surface area contributed by atoms with E-state index in [9.17, 15) is 0 Å². The maximum Gasteiger partial charge on any atom is 0.0547 e. The minimum Gasteiger partial charge on any atom is -0.309 e. The fourth-order valence-corrected chi connectivity index (χ4v) is 11.0. The molecule has 2 heteroatoms. The lowest BCUT2D eigenvalue weighted by Gasteiger charge is -2.32. The van der Waals surface area contributed by atoms with Gasteiger partial charge >= 0.3 is 0 Å². The fourth-order valence-electron chi connectivity index (χ4n) is 11.0. The molecule has 0 saturated heterocycles. The number of hydrogen-bond acceptors (Lipinski definition) is 1. The van der Waals surface area contributed by atoms with Crippen LogP contribution in [0.4, 0.5) is 17.1 Å². The summed E-state index contributed by atoms with van der Waals surface area (Å²) in [5, 5.41) is 7.29. The zero-order valence-corrected chi connectivity index (χ0v) is 38.5. The van der Waals surface area contributed by atoms with Crippen LogP contribution < -0.4 is 4.90 Å². The third kappa shape index (κ3) is 6.88. The standard InChI is InChI=1S/C68H46N2/c1-4-23-47(24-5-1)52-37-18-27-49-29-20-39-57(66(49)52)54-33-10-14-42-61(54)70(62-43-15-11-34-55(62)58-40-21-30-50-28-19-38-53(67(50)58)48-25-6-2-7-26-48)63-44-16-12-35-56(63)59-41-22-46-65-68(59)60-36-13-17-45-64(60)69(65)51-31-8-3-9-32-51/h1-46H. The molecule has 0 N–H and O–H groups in total. The number of rotatable bonds is 9. The van der Waals surface area contributed by atoms with Crippen molar-refractivity contribution < 1.29 is 0 Å². The summed E-state index contributed by atoms with van der Waals surface area (Å²) in [6.07, 6.45) is 0. The van der Waals surface area contributed by atoms with Crippen molar-refractivity contribution in [3.63, 3.8) is 0 Å². The summed E-state index contributed by atoms with van der Waals surface area (Å²) >= 11 is 0. The second kappa shape index (κ2) is 17.4. The van der Waals surface area contributed by atoms with Gasteiger partial charge in [0.15, 0.2) is 0 Å². The molecule has 0 saturated carbocycles. The van der Waals surface area contributed by atoms with E-state index < -0.39 is 0 Å². The Balaban J connectivity index is 1.12. The number of fused-ring (bicyclic) bond motifs is 5. The summed E-state index contributed by atoms with van der Waals surface area (Å²) in [6, 6.07) is 102. The molecule has 13 rings (SSSR count). The van der Waals surface area contributed by atoms with Crippen molar-refractivity contribution in [2.75, 3.05) is 4.90 Å². The van der Waals surface area contributed by atoms with E-state index in [4.69, 9.17) is 0 Å². The quantitative estimate of drug-likeness (QED) is 0.140. The molecule has 0 atom stereocenters. The fraction of sp³-hybridized carbons (Fsp3) is 0. The monoisotopic (exact) mass is 890 g/mol. The van der Waals surface area contributed by atoms with Crippen LogP contribution in [-0.2, 0) is 0 Å². The minimum absolute atomic E-state index is 1.08. The Hall–Kier alpha value is -9.24. The summed E-state index contributed by atoms with van der Waals surface area (Å²) in [5.74, 6) is 0. The van der Waals surface area contributed by atoms with Crippen LogP contribution in [-0.4, -0.2) is 4.57 Å². The smallest absolute Gasteiger partial charge is 0.0547 e. The van der Waals surface area contributed by atoms with E-state index in [1.54, 1.807) is 0 Å². The van der Waals surface area contributed by atoms with Gasteiger partial charge in [0.05, 0.1) is 28.1 Å². The van der Waals surface area contributed by atoms with Crippen molar-refractivity contribution in [2.24, 2.45) is 0 Å². The average Bonchev–Trinajstić information content (AvgIpc) is 3.78. The predicted octanol–water partition coefficient (Wildman–Crippen LogP) is 18.9. The second-order valence-corrected chi connectivity index (χ2v) is 17.9. The van der Waals surface area contributed by atoms with Crippen LogP contribution in [0.15, 0.2) is 279 Å². The molecule has 0 amide bonds. The maximum absolute atomic E-state index is 2.54. The Morgan fingerprint density at radius 3 is 1.06 bits per heavy atom. The van der Waals surface area contributed by atoms with Crippen LogP contribution in [0.1, 0.15) is 0 Å². The third-order valence-electron chi connectivity index (χ3n) is 14.0. The highest BCUT2D eigenvalue weighted by atomic mass is 15.2. The van der Waals surface area contributed by atoms with Crippen LogP contribution in [0.3, 0.4) is 0 Å². The Morgan fingerprint density at radius 2 is 0.571 bits per heavy atom. The molecule has 0 fully saturated rings. The van der Waals surface area contributed by atoms with Crippen LogP contribution in [0.2, 0.25) is 0 Å². The van der Waals surface area contributed by atoms with Crippen LogP contribution >= 0.6 is 0 Å². The zero-order chi connectivity index (χ0) is 46.4. The van der Waals surface area contributed by atoms with Crippen LogP contribution in [0, 0.1) is 0 Å². The van der Waals surface area contributed by atoms with Gasteiger partial charge in [0.25, 0.3) is 0 Å². The molecule has 1 aromatic heterocycles. The van der Waals surface area contributed by atoms with E-state index in [-0.39, 0.29) is 0 Å². The highest BCUT2D eigenvalue weighted by Gasteiger charge is 2.26. The number of anilines is 3. The number of para-hydroxylation sites is 5. The molecule has 0 aliphatic heterocycles.